The Labute approximate surface area is 113 Å². The second-order valence-corrected chi connectivity index (χ2v) is 5.22. The van der Waals surface area contributed by atoms with Crippen LogP contribution in [0.3, 0.4) is 0 Å². The number of hydrogen-bond acceptors (Lipinski definition) is 5. The van der Waals surface area contributed by atoms with Crippen molar-refractivity contribution < 1.29 is 18.7 Å². The molecular weight excluding hydrogens is 246 g/mol. The molecule has 0 bridgehead atoms. The maximum Gasteiger partial charge on any atom is 0.318 e. The maximum absolute atomic E-state index is 12.1. The van der Waals surface area contributed by atoms with Gasteiger partial charge in [0.05, 0.1) is 20.2 Å². The number of carbonyl (C=O) groups is 2. The fourth-order valence-electron chi connectivity index (χ4n) is 1.70. The molecule has 0 N–H and O–H groups in total. The van der Waals surface area contributed by atoms with Crippen molar-refractivity contribution in [1.29, 1.82) is 0 Å². The molecule has 0 aromatic carbocycles. The van der Waals surface area contributed by atoms with E-state index < -0.39 is 11.4 Å². The van der Waals surface area contributed by atoms with Crippen LogP contribution in [-0.4, -0.2) is 37.4 Å². The van der Waals surface area contributed by atoms with Crippen LogP contribution in [0.5, 0.6) is 0 Å². The molecule has 1 aromatic heterocycles. The number of Topliss-reactive ketones (excluding diaryl/α,β-unsaturated/α-hetero) is 1. The van der Waals surface area contributed by atoms with Crippen molar-refractivity contribution in [2.45, 2.75) is 27.3 Å². The first-order chi connectivity index (χ1) is 8.77. The molecule has 1 aromatic rings. The summed E-state index contributed by atoms with van der Waals surface area (Å²) >= 11 is 0. The van der Waals surface area contributed by atoms with Crippen LogP contribution < -0.4 is 0 Å². The highest BCUT2D eigenvalue weighted by Crippen LogP contribution is 2.19. The third kappa shape index (κ3) is 3.92. The van der Waals surface area contributed by atoms with Gasteiger partial charge >= 0.3 is 5.97 Å². The van der Waals surface area contributed by atoms with Crippen molar-refractivity contribution in [1.82, 2.24) is 4.90 Å². The van der Waals surface area contributed by atoms with Crippen LogP contribution in [-0.2, 0) is 20.9 Å². The highest BCUT2D eigenvalue weighted by Gasteiger charge is 2.37. The molecular formula is C14H21NO4. The fraction of sp³-hybridized carbons (Fsp3) is 0.571. The second-order valence-electron chi connectivity index (χ2n) is 5.22. The van der Waals surface area contributed by atoms with E-state index in [0.717, 1.165) is 11.5 Å². The van der Waals surface area contributed by atoms with Gasteiger partial charge in [0.15, 0.2) is 5.78 Å². The lowest BCUT2D eigenvalue weighted by Gasteiger charge is -2.23. The van der Waals surface area contributed by atoms with E-state index in [-0.39, 0.29) is 12.3 Å². The van der Waals surface area contributed by atoms with Gasteiger partial charge in [0, 0.05) is 0 Å². The first kappa shape index (κ1) is 15.4. The van der Waals surface area contributed by atoms with E-state index in [0.29, 0.717) is 6.54 Å². The Morgan fingerprint density at radius 3 is 2.47 bits per heavy atom. The third-order valence-electron chi connectivity index (χ3n) is 3.03. The normalized spacial score (nSPS) is 11.7. The molecule has 0 aliphatic rings. The molecule has 1 heterocycles. The van der Waals surface area contributed by atoms with Crippen molar-refractivity contribution in [2.24, 2.45) is 5.41 Å². The first-order valence-electron chi connectivity index (χ1n) is 6.13. The van der Waals surface area contributed by atoms with Gasteiger partial charge in [-0.05, 0) is 40.0 Å². The minimum Gasteiger partial charge on any atom is -0.468 e. The molecule has 0 unspecified atom stereocenters. The molecule has 0 amide bonds. The standard InChI is InChI=1S/C14H21NO4/c1-10-6-7-11(19-10)8-15(4)9-12(16)14(2,3)13(17)18-5/h6-7H,8-9H2,1-5H3. The van der Waals surface area contributed by atoms with Crippen LogP contribution in [0.15, 0.2) is 16.5 Å². The summed E-state index contributed by atoms with van der Waals surface area (Å²) in [5.41, 5.74) is -1.12. The maximum atomic E-state index is 12.1. The van der Waals surface area contributed by atoms with E-state index >= 15 is 0 Å². The molecule has 0 radical (unpaired) electrons. The zero-order valence-corrected chi connectivity index (χ0v) is 12.1. The van der Waals surface area contributed by atoms with E-state index in [9.17, 15) is 9.59 Å². The lowest BCUT2D eigenvalue weighted by molar-refractivity contribution is -0.156. The topological polar surface area (TPSA) is 59.8 Å². The smallest absolute Gasteiger partial charge is 0.318 e. The summed E-state index contributed by atoms with van der Waals surface area (Å²) < 4.78 is 10.1. The van der Waals surface area contributed by atoms with Crippen molar-refractivity contribution >= 4 is 11.8 Å². The van der Waals surface area contributed by atoms with Gasteiger partial charge in [0.1, 0.15) is 16.9 Å². The number of furan rings is 1. The minimum atomic E-state index is -1.12. The Kier molecular flexibility index (Phi) is 4.89. The molecule has 1 rings (SSSR count). The first-order valence-corrected chi connectivity index (χ1v) is 6.13. The lowest BCUT2D eigenvalue weighted by atomic mass is 9.88. The van der Waals surface area contributed by atoms with Crippen molar-refractivity contribution in [3.8, 4) is 0 Å². The molecule has 0 aliphatic heterocycles. The van der Waals surface area contributed by atoms with Crippen LogP contribution in [0.4, 0.5) is 0 Å². The average Bonchev–Trinajstić information content (AvgIpc) is 2.73. The number of carbonyl (C=O) groups excluding carboxylic acids is 2. The summed E-state index contributed by atoms with van der Waals surface area (Å²) in [4.78, 5) is 25.4. The summed E-state index contributed by atoms with van der Waals surface area (Å²) in [5.74, 6) is 0.943. The number of ether oxygens (including phenoxy) is 1. The van der Waals surface area contributed by atoms with E-state index in [1.54, 1.807) is 13.8 Å². The highest BCUT2D eigenvalue weighted by molar-refractivity contribution is 6.03. The van der Waals surface area contributed by atoms with Gasteiger partial charge in [-0.1, -0.05) is 0 Å². The minimum absolute atomic E-state index is 0.168. The van der Waals surface area contributed by atoms with E-state index in [1.807, 2.05) is 31.0 Å². The van der Waals surface area contributed by atoms with Gasteiger partial charge in [0.25, 0.3) is 0 Å². The van der Waals surface area contributed by atoms with Gasteiger partial charge in [-0.25, -0.2) is 0 Å². The number of ketones is 1. The number of rotatable bonds is 6. The predicted molar refractivity (Wildman–Crippen MR) is 70.6 cm³/mol. The summed E-state index contributed by atoms with van der Waals surface area (Å²) in [5, 5.41) is 0. The Hall–Kier alpha value is -1.62. The van der Waals surface area contributed by atoms with E-state index in [4.69, 9.17) is 4.42 Å². The highest BCUT2D eigenvalue weighted by atomic mass is 16.5. The molecule has 0 aliphatic carbocycles. The van der Waals surface area contributed by atoms with E-state index in [2.05, 4.69) is 4.74 Å². The molecule has 19 heavy (non-hydrogen) atoms. The Balaban J connectivity index is 2.59. The number of hydrogen-bond donors (Lipinski definition) is 0. The fourth-order valence-corrected chi connectivity index (χ4v) is 1.70. The quantitative estimate of drug-likeness (QED) is 0.581. The summed E-state index contributed by atoms with van der Waals surface area (Å²) in [6.07, 6.45) is 0. The number of methoxy groups -OCH3 is 1. The van der Waals surface area contributed by atoms with Crippen LogP contribution >= 0.6 is 0 Å². The van der Waals surface area contributed by atoms with Gasteiger partial charge in [0.2, 0.25) is 0 Å². The van der Waals surface area contributed by atoms with Crippen LogP contribution in [0, 0.1) is 12.3 Å². The zero-order valence-electron chi connectivity index (χ0n) is 12.1. The molecule has 106 valence electrons. The lowest BCUT2D eigenvalue weighted by Crippen LogP contribution is -2.40. The summed E-state index contributed by atoms with van der Waals surface area (Å²) in [6.45, 7) is 5.71. The summed E-state index contributed by atoms with van der Waals surface area (Å²) in [6, 6.07) is 3.76. The van der Waals surface area contributed by atoms with Crippen LogP contribution in [0.25, 0.3) is 0 Å². The van der Waals surface area contributed by atoms with Crippen molar-refractivity contribution in [2.75, 3.05) is 20.7 Å². The van der Waals surface area contributed by atoms with Gasteiger partial charge in [-0.3, -0.25) is 14.5 Å². The Morgan fingerprint density at radius 2 is 2.00 bits per heavy atom. The number of nitrogens with zero attached hydrogens (tertiary/aromatic N) is 1. The number of esters is 1. The van der Waals surface area contributed by atoms with Crippen molar-refractivity contribution in [3.63, 3.8) is 0 Å². The average molecular weight is 267 g/mol. The van der Waals surface area contributed by atoms with Gasteiger partial charge in [-0.15, -0.1) is 0 Å². The molecule has 5 nitrogen and oxygen atoms in total. The molecule has 0 saturated heterocycles. The number of likely N-dealkylation sites (N-methyl/N-ethyl adjacent to an activating group) is 1. The van der Waals surface area contributed by atoms with E-state index in [1.165, 1.54) is 7.11 Å². The monoisotopic (exact) mass is 267 g/mol. The molecule has 5 heteroatoms. The van der Waals surface area contributed by atoms with Crippen LogP contribution in [0.1, 0.15) is 25.4 Å². The Bertz CT molecular complexity index is 462. The molecule has 0 saturated carbocycles. The zero-order chi connectivity index (χ0) is 14.6. The molecule has 0 atom stereocenters. The SMILES string of the molecule is COC(=O)C(C)(C)C(=O)CN(C)Cc1ccc(C)o1. The molecule has 0 fully saturated rings. The summed E-state index contributed by atoms with van der Waals surface area (Å²) in [7, 11) is 3.09. The number of aryl methyl sites for hydroxylation is 1. The predicted octanol–water partition coefficient (Wildman–Crippen LogP) is 1.79. The van der Waals surface area contributed by atoms with Crippen LogP contribution in [0.2, 0.25) is 0 Å². The third-order valence-corrected chi connectivity index (χ3v) is 3.03. The van der Waals surface area contributed by atoms with Gasteiger partial charge < -0.3 is 9.15 Å². The largest absolute Gasteiger partial charge is 0.468 e. The molecule has 0 spiro atoms. The van der Waals surface area contributed by atoms with Crippen molar-refractivity contribution in [3.05, 3.63) is 23.7 Å². The second kappa shape index (κ2) is 6.02. The Morgan fingerprint density at radius 1 is 1.37 bits per heavy atom. The van der Waals surface area contributed by atoms with Gasteiger partial charge in [-0.2, -0.15) is 0 Å².